The highest BCUT2D eigenvalue weighted by Crippen LogP contribution is 2.35. The van der Waals surface area contributed by atoms with Crippen molar-refractivity contribution in [1.82, 2.24) is 9.80 Å². The van der Waals surface area contributed by atoms with Crippen LogP contribution in [0.5, 0.6) is 5.75 Å². The van der Waals surface area contributed by atoms with Gasteiger partial charge < -0.3 is 19.5 Å². The summed E-state index contributed by atoms with van der Waals surface area (Å²) in [6, 6.07) is 7.94. The van der Waals surface area contributed by atoms with E-state index in [2.05, 4.69) is 17.1 Å². The standard InChI is InChI=1S/C21H30N2O4/c1-26-16-20(24)23-13-10-21(25)9-12-22(14-18(21)15-23)11-5-7-17-6-3-4-8-19(17)27-2/h3-8,18,25H,9-16H2,1-2H3/t18-,21-/m1/s1. The number of rotatable bonds is 6. The summed E-state index contributed by atoms with van der Waals surface area (Å²) >= 11 is 0. The molecule has 0 saturated carbocycles. The highest BCUT2D eigenvalue weighted by atomic mass is 16.5. The second-order valence-electron chi connectivity index (χ2n) is 7.48. The Balaban J connectivity index is 1.58. The summed E-state index contributed by atoms with van der Waals surface area (Å²) in [5.74, 6) is 0.953. The van der Waals surface area contributed by atoms with E-state index in [9.17, 15) is 9.90 Å². The van der Waals surface area contributed by atoms with Crippen molar-refractivity contribution < 1.29 is 19.4 Å². The number of ether oxygens (including phenoxy) is 2. The van der Waals surface area contributed by atoms with Crippen LogP contribution in [0.25, 0.3) is 6.08 Å². The Morgan fingerprint density at radius 1 is 1.26 bits per heavy atom. The number of benzene rings is 1. The zero-order valence-corrected chi connectivity index (χ0v) is 16.3. The maximum atomic E-state index is 12.1. The maximum absolute atomic E-state index is 12.1. The van der Waals surface area contributed by atoms with Gasteiger partial charge in [-0.3, -0.25) is 9.69 Å². The van der Waals surface area contributed by atoms with Crippen LogP contribution < -0.4 is 4.74 Å². The first-order chi connectivity index (χ1) is 13.1. The molecule has 0 unspecified atom stereocenters. The van der Waals surface area contributed by atoms with Crippen LogP contribution >= 0.6 is 0 Å². The van der Waals surface area contributed by atoms with Crippen molar-refractivity contribution in [2.45, 2.75) is 18.4 Å². The van der Waals surface area contributed by atoms with Gasteiger partial charge in [-0.05, 0) is 18.9 Å². The Bertz CT molecular complexity index is 678. The van der Waals surface area contributed by atoms with E-state index in [0.29, 0.717) is 19.5 Å². The van der Waals surface area contributed by atoms with Crippen molar-refractivity contribution in [2.75, 3.05) is 53.6 Å². The van der Waals surface area contributed by atoms with E-state index in [0.717, 1.165) is 37.4 Å². The summed E-state index contributed by atoms with van der Waals surface area (Å²) < 4.78 is 10.3. The van der Waals surface area contributed by atoms with Gasteiger partial charge in [-0.1, -0.05) is 30.4 Å². The summed E-state index contributed by atoms with van der Waals surface area (Å²) in [5, 5.41) is 11.0. The number of aliphatic hydroxyl groups is 1. The van der Waals surface area contributed by atoms with E-state index in [4.69, 9.17) is 9.47 Å². The predicted molar refractivity (Wildman–Crippen MR) is 105 cm³/mol. The van der Waals surface area contributed by atoms with E-state index in [1.807, 2.05) is 29.2 Å². The van der Waals surface area contributed by atoms with Gasteiger partial charge in [0.05, 0.1) is 12.7 Å². The lowest BCUT2D eigenvalue weighted by atomic mass is 9.75. The van der Waals surface area contributed by atoms with Crippen LogP contribution in [0.3, 0.4) is 0 Å². The van der Waals surface area contributed by atoms with Gasteiger partial charge in [0.15, 0.2) is 0 Å². The lowest BCUT2D eigenvalue weighted by Gasteiger charge is -2.50. The molecule has 27 heavy (non-hydrogen) atoms. The third-order valence-corrected chi connectivity index (χ3v) is 5.78. The first-order valence-corrected chi connectivity index (χ1v) is 9.57. The average molecular weight is 374 g/mol. The molecule has 6 heteroatoms. The van der Waals surface area contributed by atoms with Crippen molar-refractivity contribution in [3.63, 3.8) is 0 Å². The first-order valence-electron chi connectivity index (χ1n) is 9.57. The molecule has 0 radical (unpaired) electrons. The van der Waals surface area contributed by atoms with Crippen molar-refractivity contribution >= 4 is 12.0 Å². The minimum atomic E-state index is -0.646. The molecule has 0 spiro atoms. The molecule has 3 rings (SSSR count). The molecule has 6 nitrogen and oxygen atoms in total. The van der Waals surface area contributed by atoms with Gasteiger partial charge in [0.25, 0.3) is 0 Å². The monoisotopic (exact) mass is 374 g/mol. The fourth-order valence-electron chi connectivity index (χ4n) is 4.11. The molecule has 2 saturated heterocycles. The number of hydrogen-bond donors (Lipinski definition) is 1. The number of piperidine rings is 2. The second-order valence-corrected chi connectivity index (χ2v) is 7.48. The molecule has 1 N–H and O–H groups in total. The summed E-state index contributed by atoms with van der Waals surface area (Å²) in [7, 11) is 3.21. The largest absolute Gasteiger partial charge is 0.496 e. The molecule has 1 aromatic carbocycles. The Labute approximate surface area is 161 Å². The molecule has 2 aliphatic heterocycles. The quantitative estimate of drug-likeness (QED) is 0.820. The van der Waals surface area contributed by atoms with Gasteiger partial charge in [0.2, 0.25) is 5.91 Å². The summed E-state index contributed by atoms with van der Waals surface area (Å²) in [5.41, 5.74) is 0.412. The van der Waals surface area contributed by atoms with Crippen LogP contribution in [0.4, 0.5) is 0 Å². The van der Waals surface area contributed by atoms with E-state index >= 15 is 0 Å². The lowest BCUT2D eigenvalue weighted by Crippen LogP contribution is -2.60. The van der Waals surface area contributed by atoms with Crippen LogP contribution in [0.2, 0.25) is 0 Å². The van der Waals surface area contributed by atoms with Crippen LogP contribution in [0, 0.1) is 5.92 Å². The van der Waals surface area contributed by atoms with Gasteiger partial charge in [-0.2, -0.15) is 0 Å². The molecule has 0 aliphatic carbocycles. The zero-order chi connectivity index (χ0) is 19.3. The number of nitrogens with zero attached hydrogens (tertiary/aromatic N) is 2. The van der Waals surface area contributed by atoms with Crippen LogP contribution in [0.1, 0.15) is 18.4 Å². The number of fused-ring (bicyclic) bond motifs is 1. The summed E-state index contributed by atoms with van der Waals surface area (Å²) in [4.78, 5) is 16.3. The van der Waals surface area contributed by atoms with Gasteiger partial charge >= 0.3 is 0 Å². The number of carbonyl (C=O) groups excluding carboxylic acids is 1. The molecule has 0 aromatic heterocycles. The number of carbonyl (C=O) groups is 1. The highest BCUT2D eigenvalue weighted by Gasteiger charge is 2.45. The Kier molecular flexibility index (Phi) is 6.52. The number of amides is 1. The topological polar surface area (TPSA) is 62.2 Å². The van der Waals surface area contributed by atoms with Crippen molar-refractivity contribution in [1.29, 1.82) is 0 Å². The lowest BCUT2D eigenvalue weighted by molar-refractivity contribution is -0.149. The van der Waals surface area contributed by atoms with E-state index in [1.54, 1.807) is 7.11 Å². The second kappa shape index (κ2) is 8.87. The van der Waals surface area contributed by atoms with E-state index in [1.165, 1.54) is 7.11 Å². The molecule has 2 fully saturated rings. The van der Waals surface area contributed by atoms with Crippen LogP contribution in [-0.4, -0.2) is 80.0 Å². The van der Waals surface area contributed by atoms with E-state index in [-0.39, 0.29) is 18.4 Å². The Morgan fingerprint density at radius 3 is 2.81 bits per heavy atom. The van der Waals surface area contributed by atoms with Crippen LogP contribution in [-0.2, 0) is 9.53 Å². The van der Waals surface area contributed by atoms with Gasteiger partial charge in [-0.15, -0.1) is 0 Å². The normalized spacial score (nSPS) is 26.2. The van der Waals surface area contributed by atoms with Gasteiger partial charge in [0.1, 0.15) is 12.4 Å². The fourth-order valence-corrected chi connectivity index (χ4v) is 4.11. The fraction of sp³-hybridized carbons (Fsp3) is 0.571. The van der Waals surface area contributed by atoms with Crippen molar-refractivity contribution in [3.8, 4) is 5.75 Å². The first kappa shape index (κ1) is 19.9. The number of likely N-dealkylation sites (tertiary alicyclic amines) is 2. The molecule has 2 aliphatic rings. The minimum absolute atomic E-state index is 0.00717. The molecule has 2 atom stereocenters. The van der Waals surface area contributed by atoms with Gasteiger partial charge in [-0.25, -0.2) is 0 Å². The van der Waals surface area contributed by atoms with Crippen molar-refractivity contribution in [3.05, 3.63) is 35.9 Å². The third kappa shape index (κ3) is 4.69. The smallest absolute Gasteiger partial charge is 0.248 e. The molecule has 2 heterocycles. The number of para-hydroxylation sites is 1. The third-order valence-electron chi connectivity index (χ3n) is 5.78. The molecular formula is C21H30N2O4. The average Bonchev–Trinajstić information content (AvgIpc) is 2.68. The van der Waals surface area contributed by atoms with Crippen molar-refractivity contribution in [2.24, 2.45) is 5.92 Å². The number of methoxy groups -OCH3 is 2. The SMILES string of the molecule is COCC(=O)N1CC[C@]2(O)CCN(CC=Cc3ccccc3OC)C[C@@H]2C1. The molecular weight excluding hydrogens is 344 g/mol. The minimum Gasteiger partial charge on any atom is -0.496 e. The van der Waals surface area contributed by atoms with E-state index < -0.39 is 5.60 Å². The number of hydrogen-bond acceptors (Lipinski definition) is 5. The molecule has 1 amide bonds. The maximum Gasteiger partial charge on any atom is 0.248 e. The Morgan fingerprint density at radius 2 is 2.04 bits per heavy atom. The van der Waals surface area contributed by atoms with Crippen LogP contribution in [0.15, 0.2) is 30.3 Å². The molecule has 148 valence electrons. The predicted octanol–water partition coefficient (Wildman–Crippen LogP) is 1.64. The molecule has 0 bridgehead atoms. The summed E-state index contributed by atoms with van der Waals surface area (Å²) in [6.07, 6.45) is 5.62. The zero-order valence-electron chi connectivity index (χ0n) is 16.3. The molecule has 1 aromatic rings. The summed E-state index contributed by atoms with van der Waals surface area (Å²) in [6.45, 7) is 3.81. The Hall–Kier alpha value is -1.89. The van der Waals surface area contributed by atoms with Gasteiger partial charge in [0, 0.05) is 51.3 Å². The highest BCUT2D eigenvalue weighted by molar-refractivity contribution is 5.77.